The summed E-state index contributed by atoms with van der Waals surface area (Å²) in [4.78, 5) is 26.5. The molecule has 1 aromatic heterocycles. The molecule has 190 valence electrons. The van der Waals surface area contributed by atoms with Gasteiger partial charge in [-0.25, -0.2) is 4.68 Å². The van der Waals surface area contributed by atoms with Gasteiger partial charge >= 0.3 is 0 Å². The van der Waals surface area contributed by atoms with Crippen LogP contribution >= 0.6 is 0 Å². The van der Waals surface area contributed by atoms with Crippen molar-refractivity contribution in [2.45, 2.75) is 25.3 Å². The van der Waals surface area contributed by atoms with E-state index in [4.69, 9.17) is 20.7 Å². The van der Waals surface area contributed by atoms with E-state index in [0.717, 1.165) is 30.6 Å². The van der Waals surface area contributed by atoms with E-state index in [1.54, 1.807) is 4.90 Å². The first-order valence-corrected chi connectivity index (χ1v) is 12.4. The lowest BCUT2D eigenvalue weighted by Gasteiger charge is -2.37. The predicted molar refractivity (Wildman–Crippen MR) is 139 cm³/mol. The number of para-hydroxylation sites is 1. The lowest BCUT2D eigenvalue weighted by Crippen LogP contribution is -2.41. The number of amides is 2. The van der Waals surface area contributed by atoms with Crippen LogP contribution in [0.2, 0.25) is 0 Å². The Morgan fingerprint density at radius 3 is 2.43 bits per heavy atom. The molecule has 0 aliphatic carbocycles. The van der Waals surface area contributed by atoms with E-state index in [2.05, 4.69) is 17.2 Å². The Bertz CT molecular complexity index is 1330. The van der Waals surface area contributed by atoms with Gasteiger partial charge in [-0.2, -0.15) is 5.10 Å². The monoisotopic (exact) mass is 499 g/mol. The van der Waals surface area contributed by atoms with Crippen LogP contribution in [0.15, 0.2) is 54.6 Å². The normalized spacial score (nSPS) is 17.2. The van der Waals surface area contributed by atoms with Gasteiger partial charge in [0.2, 0.25) is 0 Å². The van der Waals surface area contributed by atoms with Crippen LogP contribution in [-0.4, -0.2) is 57.8 Å². The molecule has 3 aromatic rings. The molecule has 1 atom stereocenters. The number of primary amides is 1. The number of aliphatic hydroxyl groups excluding tert-OH is 1. The summed E-state index contributed by atoms with van der Waals surface area (Å²) < 4.78 is 7.81. The van der Waals surface area contributed by atoms with E-state index in [-0.39, 0.29) is 18.6 Å². The average molecular weight is 500 g/mol. The topological polar surface area (TPSA) is 123 Å². The Hall–Kier alpha value is -4.29. The molecule has 0 bridgehead atoms. The first-order valence-electron chi connectivity index (χ1n) is 12.4. The van der Waals surface area contributed by atoms with E-state index >= 15 is 0 Å². The molecule has 2 aromatic carbocycles. The number of hydrogen-bond donors (Lipinski definition) is 3. The van der Waals surface area contributed by atoms with E-state index in [9.17, 15) is 9.59 Å². The number of nitrogens with zero attached hydrogens (tertiary/aromatic N) is 3. The molecule has 2 aliphatic rings. The first-order chi connectivity index (χ1) is 18.0. The highest BCUT2D eigenvalue weighted by atomic mass is 16.5. The van der Waals surface area contributed by atoms with Crippen molar-refractivity contribution in [3.63, 3.8) is 0 Å². The number of piperidine rings is 1. The molecule has 0 spiro atoms. The average Bonchev–Trinajstić information content (AvgIpc) is 3.33. The first kappa shape index (κ1) is 24.4. The van der Waals surface area contributed by atoms with Crippen LogP contribution in [-0.2, 0) is 4.79 Å². The number of likely N-dealkylation sites (tertiary alicyclic amines) is 1. The summed E-state index contributed by atoms with van der Waals surface area (Å²) >= 11 is 0. The van der Waals surface area contributed by atoms with Crippen molar-refractivity contribution in [2.75, 3.05) is 31.6 Å². The smallest absolute Gasteiger partial charge is 0.298 e. The molecule has 0 radical (unpaired) electrons. The molecule has 2 aliphatic heterocycles. The number of carbonyl (C=O) groups excluding carboxylic acids is 2. The van der Waals surface area contributed by atoms with Crippen molar-refractivity contribution in [2.24, 2.45) is 11.7 Å². The molecule has 5 rings (SSSR count). The fourth-order valence-electron chi connectivity index (χ4n) is 5.16. The number of rotatable bonds is 5. The van der Waals surface area contributed by atoms with Gasteiger partial charge in [-0.15, -0.1) is 0 Å². The van der Waals surface area contributed by atoms with Crippen LogP contribution in [0.1, 0.15) is 35.7 Å². The molecule has 4 N–H and O–H groups in total. The number of ether oxygens (including phenoxy) is 1. The Morgan fingerprint density at radius 1 is 1.05 bits per heavy atom. The Kier molecular flexibility index (Phi) is 7.10. The van der Waals surface area contributed by atoms with Crippen LogP contribution < -0.4 is 15.8 Å². The summed E-state index contributed by atoms with van der Waals surface area (Å²) in [6.07, 6.45) is 2.48. The molecule has 9 nitrogen and oxygen atoms in total. The summed E-state index contributed by atoms with van der Waals surface area (Å²) in [7, 11) is 0. The summed E-state index contributed by atoms with van der Waals surface area (Å²) in [6, 6.07) is 17.1. The number of nitrogens with one attached hydrogen (secondary N) is 1. The molecular formula is C28H29N5O4. The highest BCUT2D eigenvalue weighted by Crippen LogP contribution is 2.40. The number of hydrogen-bond acceptors (Lipinski definition) is 6. The zero-order chi connectivity index (χ0) is 25.8. The fraction of sp³-hybridized carbons (Fsp3) is 0.321. The quantitative estimate of drug-likeness (QED) is 0.464. The van der Waals surface area contributed by atoms with E-state index in [1.165, 1.54) is 0 Å². The number of aliphatic hydroxyl groups is 1. The summed E-state index contributed by atoms with van der Waals surface area (Å²) in [5, 5.41) is 17.1. The van der Waals surface area contributed by atoms with Crippen LogP contribution in [0.4, 0.5) is 5.82 Å². The molecule has 37 heavy (non-hydrogen) atoms. The van der Waals surface area contributed by atoms with Gasteiger partial charge in [0.15, 0.2) is 0 Å². The van der Waals surface area contributed by atoms with Crippen molar-refractivity contribution in [1.29, 1.82) is 0 Å². The molecule has 9 heteroatoms. The third-order valence-electron chi connectivity index (χ3n) is 6.96. The van der Waals surface area contributed by atoms with Crippen LogP contribution in [0, 0.1) is 17.8 Å². The van der Waals surface area contributed by atoms with Gasteiger partial charge < -0.3 is 25.8 Å². The number of carbonyl (C=O) groups is 2. The Balaban J connectivity index is 1.38. The van der Waals surface area contributed by atoms with Crippen LogP contribution in [0.25, 0.3) is 11.3 Å². The van der Waals surface area contributed by atoms with Crippen molar-refractivity contribution in [3.05, 3.63) is 60.2 Å². The highest BCUT2D eigenvalue weighted by Gasteiger charge is 2.35. The zero-order valence-corrected chi connectivity index (χ0v) is 20.4. The van der Waals surface area contributed by atoms with Gasteiger partial charge in [0.25, 0.3) is 11.8 Å². The minimum atomic E-state index is -0.531. The molecule has 1 fully saturated rings. The second kappa shape index (κ2) is 10.8. The molecule has 2 amide bonds. The standard InChI is InChI=1S/C28H29N5O4/c29-27(36)25-26(20-8-10-22(11-9-20)37-21-5-2-1-3-6-21)31-33-23(12-15-30-28(25)33)19-13-16-32(17-14-19)24(35)7-4-18-34/h1-3,5-6,8-11,19,23,30,34H,12-18H2,(H2,29,36). The van der Waals surface area contributed by atoms with Gasteiger partial charge in [-0.3, -0.25) is 9.59 Å². The maximum atomic E-state index is 12.6. The van der Waals surface area contributed by atoms with Gasteiger partial charge in [-0.05, 0) is 67.5 Å². The molecule has 1 saturated heterocycles. The third-order valence-corrected chi connectivity index (χ3v) is 6.96. The minimum Gasteiger partial charge on any atom is -0.457 e. The van der Waals surface area contributed by atoms with Gasteiger partial charge in [0, 0.05) is 25.2 Å². The van der Waals surface area contributed by atoms with Gasteiger partial charge in [-0.1, -0.05) is 24.1 Å². The lowest BCUT2D eigenvalue weighted by atomic mass is 9.87. The van der Waals surface area contributed by atoms with Crippen molar-refractivity contribution in [1.82, 2.24) is 14.7 Å². The maximum Gasteiger partial charge on any atom is 0.298 e. The molecule has 3 heterocycles. The predicted octanol–water partition coefficient (Wildman–Crippen LogP) is 3.03. The summed E-state index contributed by atoms with van der Waals surface area (Å²) in [6.45, 7) is 1.58. The van der Waals surface area contributed by atoms with E-state index in [1.807, 2.05) is 59.3 Å². The number of fused-ring (bicyclic) bond motifs is 1. The second-order valence-corrected chi connectivity index (χ2v) is 9.19. The third kappa shape index (κ3) is 5.15. The molecular weight excluding hydrogens is 470 g/mol. The molecule has 0 saturated carbocycles. The largest absolute Gasteiger partial charge is 0.457 e. The highest BCUT2D eigenvalue weighted by molar-refractivity contribution is 6.03. The zero-order valence-electron chi connectivity index (χ0n) is 20.4. The maximum absolute atomic E-state index is 12.6. The number of nitrogens with two attached hydrogens (primary N) is 1. The van der Waals surface area contributed by atoms with Crippen molar-refractivity contribution < 1.29 is 19.4 Å². The Morgan fingerprint density at radius 2 is 1.76 bits per heavy atom. The van der Waals surface area contributed by atoms with Crippen molar-refractivity contribution in [3.8, 4) is 34.6 Å². The van der Waals surface area contributed by atoms with Gasteiger partial charge in [0.1, 0.15) is 35.2 Å². The minimum absolute atomic E-state index is 0.0876. The van der Waals surface area contributed by atoms with Crippen LogP contribution in [0.3, 0.4) is 0 Å². The van der Waals surface area contributed by atoms with E-state index < -0.39 is 5.91 Å². The number of benzene rings is 2. The summed E-state index contributed by atoms with van der Waals surface area (Å²) in [5.41, 5.74) is 7.54. The summed E-state index contributed by atoms with van der Waals surface area (Å²) in [5.74, 6) is 6.48. The van der Waals surface area contributed by atoms with Gasteiger partial charge in [0.05, 0.1) is 6.04 Å². The molecule has 1 unspecified atom stereocenters. The Labute approximate surface area is 215 Å². The SMILES string of the molecule is NC(=O)c1c(-c2ccc(Oc3ccccc3)cc2)nn2c1NCCC2C1CCN(C(=O)C#CCO)CC1. The van der Waals surface area contributed by atoms with E-state index in [0.29, 0.717) is 48.4 Å². The van der Waals surface area contributed by atoms with Crippen LogP contribution in [0.5, 0.6) is 11.5 Å². The lowest BCUT2D eigenvalue weighted by molar-refractivity contribution is -0.126. The fourth-order valence-corrected chi connectivity index (χ4v) is 5.16. The number of anilines is 1. The number of aromatic nitrogens is 2. The second-order valence-electron chi connectivity index (χ2n) is 9.19. The van der Waals surface area contributed by atoms with Crippen molar-refractivity contribution >= 4 is 17.6 Å².